The van der Waals surface area contributed by atoms with E-state index in [2.05, 4.69) is 0 Å². The maximum absolute atomic E-state index is 12.0. The van der Waals surface area contributed by atoms with Gasteiger partial charge < -0.3 is 4.90 Å². The molecular weight excluding hydrogens is 308 g/mol. The Morgan fingerprint density at radius 1 is 1.45 bits per heavy atom. The Hall–Kier alpha value is -1.67. The predicted octanol–water partition coefficient (Wildman–Crippen LogP) is 1.92. The standard InChI is InChI=1S/C11H13ClN2O5S/c1-4-13(3)11(15)8-5-9(14(16)17)7(2)10(6-8)20(12,18)19/h5-6H,4H2,1-3H3. The number of rotatable bonds is 4. The molecule has 110 valence electrons. The molecule has 0 saturated carbocycles. The third kappa shape index (κ3) is 3.26. The Balaban J connectivity index is 3.61. The number of hydrogen-bond acceptors (Lipinski definition) is 5. The molecule has 0 unspecified atom stereocenters. The van der Waals surface area contributed by atoms with Gasteiger partial charge in [-0.2, -0.15) is 0 Å². The zero-order valence-corrected chi connectivity index (χ0v) is 12.7. The number of nitrogens with zero attached hydrogens (tertiary/aromatic N) is 2. The number of nitro groups is 1. The Morgan fingerprint density at radius 2 is 2.00 bits per heavy atom. The van der Waals surface area contributed by atoms with E-state index in [0.717, 1.165) is 12.1 Å². The van der Waals surface area contributed by atoms with Gasteiger partial charge in [0.1, 0.15) is 0 Å². The van der Waals surface area contributed by atoms with Gasteiger partial charge in [-0.25, -0.2) is 8.42 Å². The number of carbonyl (C=O) groups excluding carboxylic acids is 1. The summed E-state index contributed by atoms with van der Waals surface area (Å²) in [6.45, 7) is 3.37. The Labute approximate surface area is 120 Å². The van der Waals surface area contributed by atoms with Crippen molar-refractivity contribution in [2.75, 3.05) is 13.6 Å². The van der Waals surface area contributed by atoms with Gasteiger partial charge in [-0.3, -0.25) is 14.9 Å². The average Bonchev–Trinajstić information content (AvgIpc) is 2.35. The minimum Gasteiger partial charge on any atom is -0.342 e. The maximum Gasteiger partial charge on any atom is 0.274 e. The molecule has 1 amide bonds. The van der Waals surface area contributed by atoms with Crippen molar-refractivity contribution < 1.29 is 18.1 Å². The summed E-state index contributed by atoms with van der Waals surface area (Å²) >= 11 is 0. The van der Waals surface area contributed by atoms with Crippen molar-refractivity contribution >= 4 is 31.3 Å². The molecule has 0 spiro atoms. The number of carbonyl (C=O) groups is 1. The molecule has 0 fully saturated rings. The molecule has 0 radical (unpaired) electrons. The summed E-state index contributed by atoms with van der Waals surface area (Å²) in [6.07, 6.45) is 0. The van der Waals surface area contributed by atoms with Crippen molar-refractivity contribution in [2.45, 2.75) is 18.7 Å². The number of amides is 1. The Kier molecular flexibility index (Phi) is 4.72. The Bertz CT molecular complexity index is 672. The van der Waals surface area contributed by atoms with Gasteiger partial charge in [0.15, 0.2) is 0 Å². The van der Waals surface area contributed by atoms with E-state index < -0.39 is 30.5 Å². The van der Waals surface area contributed by atoms with Gasteiger partial charge in [0.25, 0.3) is 20.6 Å². The molecule has 1 aromatic rings. The minimum absolute atomic E-state index is 0.0918. The third-order valence-corrected chi connectivity index (χ3v) is 4.31. The molecule has 0 aliphatic carbocycles. The molecule has 20 heavy (non-hydrogen) atoms. The fourth-order valence-electron chi connectivity index (χ4n) is 1.60. The van der Waals surface area contributed by atoms with Crippen LogP contribution in [0.4, 0.5) is 5.69 Å². The molecule has 0 atom stereocenters. The zero-order valence-electron chi connectivity index (χ0n) is 11.1. The molecule has 0 saturated heterocycles. The summed E-state index contributed by atoms with van der Waals surface area (Å²) in [5, 5.41) is 11.0. The average molecular weight is 321 g/mol. The quantitative estimate of drug-likeness (QED) is 0.479. The van der Waals surface area contributed by atoms with Crippen molar-refractivity contribution in [1.29, 1.82) is 0 Å². The van der Waals surface area contributed by atoms with E-state index in [4.69, 9.17) is 10.7 Å². The van der Waals surface area contributed by atoms with E-state index in [0.29, 0.717) is 6.54 Å². The molecular formula is C11H13ClN2O5S. The van der Waals surface area contributed by atoms with Crippen molar-refractivity contribution in [3.05, 3.63) is 33.4 Å². The highest BCUT2D eigenvalue weighted by atomic mass is 35.7. The molecule has 7 nitrogen and oxygen atoms in total. The monoisotopic (exact) mass is 320 g/mol. The molecule has 1 rings (SSSR count). The second kappa shape index (κ2) is 5.76. The number of nitro benzene ring substituents is 1. The molecule has 0 bridgehead atoms. The lowest BCUT2D eigenvalue weighted by atomic mass is 10.1. The second-order valence-electron chi connectivity index (χ2n) is 4.13. The summed E-state index contributed by atoms with van der Waals surface area (Å²) in [5.41, 5.74) is -0.647. The van der Waals surface area contributed by atoms with E-state index in [-0.39, 0.29) is 11.1 Å². The van der Waals surface area contributed by atoms with Crippen LogP contribution in [-0.2, 0) is 9.05 Å². The van der Waals surface area contributed by atoms with Gasteiger partial charge in [-0.1, -0.05) is 0 Å². The highest BCUT2D eigenvalue weighted by Gasteiger charge is 2.25. The van der Waals surface area contributed by atoms with Crippen molar-refractivity contribution in [2.24, 2.45) is 0 Å². The van der Waals surface area contributed by atoms with Crippen LogP contribution in [0.5, 0.6) is 0 Å². The molecule has 0 aliphatic rings. The fraction of sp³-hybridized carbons (Fsp3) is 0.364. The van der Waals surface area contributed by atoms with Crippen LogP contribution in [0.3, 0.4) is 0 Å². The summed E-state index contributed by atoms with van der Waals surface area (Å²) < 4.78 is 22.9. The largest absolute Gasteiger partial charge is 0.342 e. The minimum atomic E-state index is -4.18. The number of benzene rings is 1. The van der Waals surface area contributed by atoms with Gasteiger partial charge in [0.2, 0.25) is 0 Å². The lowest BCUT2D eigenvalue weighted by Gasteiger charge is -2.15. The molecule has 0 heterocycles. The first-order chi connectivity index (χ1) is 9.09. The first kappa shape index (κ1) is 16.4. The lowest BCUT2D eigenvalue weighted by molar-refractivity contribution is -0.385. The molecule has 0 aliphatic heterocycles. The van der Waals surface area contributed by atoms with Crippen LogP contribution in [0.2, 0.25) is 0 Å². The molecule has 0 N–H and O–H groups in total. The summed E-state index contributed by atoms with van der Waals surface area (Å²) in [5.74, 6) is -0.517. The first-order valence-corrected chi connectivity index (χ1v) is 7.89. The van der Waals surface area contributed by atoms with Gasteiger partial charge in [-0.05, 0) is 19.9 Å². The third-order valence-electron chi connectivity index (χ3n) is 2.86. The smallest absolute Gasteiger partial charge is 0.274 e. The van der Waals surface area contributed by atoms with Crippen molar-refractivity contribution in [3.8, 4) is 0 Å². The maximum atomic E-state index is 12.0. The van der Waals surface area contributed by atoms with Crippen LogP contribution in [-0.4, -0.2) is 37.7 Å². The number of hydrogen-bond donors (Lipinski definition) is 0. The van der Waals surface area contributed by atoms with E-state index in [9.17, 15) is 23.3 Å². The highest BCUT2D eigenvalue weighted by Crippen LogP contribution is 2.29. The van der Waals surface area contributed by atoms with E-state index in [1.54, 1.807) is 6.92 Å². The van der Waals surface area contributed by atoms with Crippen LogP contribution in [0.25, 0.3) is 0 Å². The van der Waals surface area contributed by atoms with Crippen molar-refractivity contribution in [1.82, 2.24) is 4.90 Å². The molecule has 9 heteroatoms. The summed E-state index contributed by atoms with van der Waals surface area (Å²) in [6, 6.07) is 2.11. The van der Waals surface area contributed by atoms with Gasteiger partial charge >= 0.3 is 0 Å². The first-order valence-electron chi connectivity index (χ1n) is 5.58. The fourth-order valence-corrected chi connectivity index (χ4v) is 2.82. The van der Waals surface area contributed by atoms with Crippen LogP contribution >= 0.6 is 10.7 Å². The summed E-state index contributed by atoms with van der Waals surface area (Å²) in [7, 11) is 2.58. The lowest BCUT2D eigenvalue weighted by Crippen LogP contribution is -2.26. The SMILES string of the molecule is CCN(C)C(=O)c1cc([N+](=O)[O-])c(C)c(S(=O)(=O)Cl)c1. The molecule has 0 aromatic heterocycles. The Morgan fingerprint density at radius 3 is 2.40 bits per heavy atom. The van der Waals surface area contributed by atoms with E-state index in [1.807, 2.05) is 0 Å². The van der Waals surface area contributed by atoms with E-state index in [1.165, 1.54) is 18.9 Å². The van der Waals surface area contributed by atoms with E-state index >= 15 is 0 Å². The highest BCUT2D eigenvalue weighted by molar-refractivity contribution is 8.13. The molecule has 1 aromatic carbocycles. The zero-order chi connectivity index (χ0) is 15.7. The van der Waals surface area contributed by atoms with Crippen LogP contribution in [0.1, 0.15) is 22.8 Å². The normalized spacial score (nSPS) is 11.2. The van der Waals surface area contributed by atoms with Gasteiger partial charge in [0.05, 0.1) is 9.82 Å². The van der Waals surface area contributed by atoms with Crippen LogP contribution in [0.15, 0.2) is 17.0 Å². The van der Waals surface area contributed by atoms with Gasteiger partial charge in [0, 0.05) is 41.5 Å². The van der Waals surface area contributed by atoms with Crippen molar-refractivity contribution in [3.63, 3.8) is 0 Å². The van der Waals surface area contributed by atoms with Gasteiger partial charge in [-0.15, -0.1) is 0 Å². The topological polar surface area (TPSA) is 97.6 Å². The van der Waals surface area contributed by atoms with Crippen LogP contribution < -0.4 is 0 Å². The van der Waals surface area contributed by atoms with Crippen LogP contribution in [0, 0.1) is 17.0 Å². The second-order valence-corrected chi connectivity index (χ2v) is 6.67. The number of halogens is 1. The summed E-state index contributed by atoms with van der Waals surface area (Å²) in [4.78, 5) is 23.1. The predicted molar refractivity (Wildman–Crippen MR) is 73.5 cm³/mol.